The van der Waals surface area contributed by atoms with E-state index < -0.39 is 15.4 Å². The van der Waals surface area contributed by atoms with Gasteiger partial charge in [-0.2, -0.15) is 0 Å². The van der Waals surface area contributed by atoms with Crippen LogP contribution in [0.5, 0.6) is 11.5 Å². The van der Waals surface area contributed by atoms with Gasteiger partial charge in [0.2, 0.25) is 0 Å². The largest absolute Gasteiger partial charge is 0.490 e. The van der Waals surface area contributed by atoms with Gasteiger partial charge in [-0.3, -0.25) is 4.57 Å². The molecule has 2 aliphatic carbocycles. The lowest BCUT2D eigenvalue weighted by Crippen LogP contribution is -2.14. The Morgan fingerprint density at radius 1 is 0.929 bits per heavy atom. The molecule has 10 heteroatoms. The van der Waals surface area contributed by atoms with Crippen molar-refractivity contribution in [2.45, 2.75) is 26.7 Å². The molecule has 0 fully saturated rings. The van der Waals surface area contributed by atoms with Crippen LogP contribution in [0.15, 0.2) is 18.2 Å². The molecule has 2 aromatic rings. The van der Waals surface area contributed by atoms with E-state index in [1.54, 1.807) is 13.0 Å². The summed E-state index contributed by atoms with van der Waals surface area (Å²) in [5.74, 6) is 0.791. The van der Waals surface area contributed by atoms with Crippen LogP contribution in [0.3, 0.4) is 0 Å². The minimum atomic E-state index is -5.20. The zero-order chi connectivity index (χ0) is 20.3. The highest BCUT2D eigenvalue weighted by Gasteiger charge is 2.45. The number of phosphoric acid groups is 1. The number of hydrogen-bond donors (Lipinski definition) is 3. The third-order valence-electron chi connectivity index (χ3n) is 4.65. The van der Waals surface area contributed by atoms with Gasteiger partial charge in [0.05, 0.1) is 18.5 Å². The summed E-state index contributed by atoms with van der Waals surface area (Å²) >= 11 is 0. The van der Waals surface area contributed by atoms with Gasteiger partial charge in [-0.05, 0) is 42.5 Å². The van der Waals surface area contributed by atoms with Crippen LogP contribution in [0.25, 0.3) is 11.1 Å². The van der Waals surface area contributed by atoms with Crippen molar-refractivity contribution in [1.29, 1.82) is 0 Å². The van der Waals surface area contributed by atoms with E-state index in [9.17, 15) is 14.0 Å². The van der Waals surface area contributed by atoms with Gasteiger partial charge in [-0.1, -0.05) is 18.2 Å². The maximum atomic E-state index is 12.9. The summed E-state index contributed by atoms with van der Waals surface area (Å²) in [6.07, 6.45) is 1.21. The standard InChI is InChI=1S/C18H20O8P2/c1-3-24-16-13-9-14(13)18(27(19,20)26-28(21,22)23)15(17(16)25-4-2)11-6-5-10-7-12(10)8-11/h5-6,8H,3-4,7,9H2,1-2H3,(H,19,20)(H2,21,22,23). The van der Waals surface area contributed by atoms with E-state index in [0.29, 0.717) is 41.2 Å². The fourth-order valence-electron chi connectivity index (χ4n) is 3.48. The average Bonchev–Trinajstić information content (AvgIpc) is 3.47. The fraction of sp³-hybridized carbons (Fsp3) is 0.333. The van der Waals surface area contributed by atoms with Crippen LogP contribution in [0.4, 0.5) is 0 Å². The second-order valence-corrected chi connectivity index (χ2v) is 9.76. The highest BCUT2D eigenvalue weighted by molar-refractivity contribution is 7.69. The Bertz CT molecular complexity index is 1070. The van der Waals surface area contributed by atoms with Crippen molar-refractivity contribution in [3.05, 3.63) is 40.5 Å². The van der Waals surface area contributed by atoms with Gasteiger partial charge in [0.15, 0.2) is 11.5 Å². The molecule has 150 valence electrons. The quantitative estimate of drug-likeness (QED) is 0.368. The van der Waals surface area contributed by atoms with Crippen LogP contribution < -0.4 is 14.8 Å². The molecule has 0 aromatic heterocycles. The molecular formula is C18H20O8P2. The first kappa shape index (κ1) is 19.6. The Labute approximate surface area is 161 Å². The molecule has 0 bridgehead atoms. The number of fused-ring (bicyclic) bond motifs is 2. The van der Waals surface area contributed by atoms with Crippen LogP contribution in [0.1, 0.15) is 36.1 Å². The van der Waals surface area contributed by atoms with Crippen molar-refractivity contribution < 1.29 is 37.6 Å². The topological polar surface area (TPSA) is 123 Å². The number of rotatable bonds is 8. The van der Waals surface area contributed by atoms with Gasteiger partial charge in [0.1, 0.15) is 0 Å². The minimum absolute atomic E-state index is 0.127. The van der Waals surface area contributed by atoms with Crippen molar-refractivity contribution >= 4 is 20.7 Å². The molecule has 0 saturated carbocycles. The smallest absolute Gasteiger partial charge is 0.477 e. The number of ether oxygens (including phenoxy) is 2. The van der Waals surface area contributed by atoms with Gasteiger partial charge in [0, 0.05) is 17.5 Å². The molecule has 0 heterocycles. The number of benzene rings is 2. The molecule has 3 N–H and O–H groups in total. The van der Waals surface area contributed by atoms with Gasteiger partial charge < -0.3 is 24.2 Å². The zero-order valence-electron chi connectivity index (χ0n) is 15.3. The van der Waals surface area contributed by atoms with Gasteiger partial charge >= 0.3 is 15.4 Å². The lowest BCUT2D eigenvalue weighted by Gasteiger charge is -2.21. The molecule has 0 radical (unpaired) electrons. The SMILES string of the molecule is CCOc1c2c(c(P(=O)(O)OP(=O)(O)O)c(-c3ccc4c(c3)C4)c1OCC)C2. The predicted molar refractivity (Wildman–Crippen MR) is 102 cm³/mol. The molecule has 0 amide bonds. The molecule has 1 atom stereocenters. The molecule has 28 heavy (non-hydrogen) atoms. The summed E-state index contributed by atoms with van der Waals surface area (Å²) in [5.41, 5.74) is 4.41. The molecular weight excluding hydrogens is 406 g/mol. The molecule has 4 rings (SSSR count). The highest BCUT2D eigenvalue weighted by Crippen LogP contribution is 2.62. The van der Waals surface area contributed by atoms with Crippen LogP contribution >= 0.6 is 15.4 Å². The first-order chi connectivity index (χ1) is 13.2. The van der Waals surface area contributed by atoms with Crippen LogP contribution in [-0.2, 0) is 26.3 Å². The Morgan fingerprint density at radius 2 is 1.61 bits per heavy atom. The Kier molecular flexibility index (Phi) is 4.70. The van der Waals surface area contributed by atoms with Crippen LogP contribution in [0.2, 0.25) is 0 Å². The van der Waals surface area contributed by atoms with E-state index >= 15 is 0 Å². The summed E-state index contributed by atoms with van der Waals surface area (Å²) < 4.78 is 40.2. The predicted octanol–water partition coefficient (Wildman–Crippen LogP) is 2.88. The van der Waals surface area contributed by atoms with Crippen molar-refractivity contribution in [2.24, 2.45) is 0 Å². The normalized spacial score (nSPS) is 16.0. The van der Waals surface area contributed by atoms with E-state index in [1.165, 1.54) is 5.56 Å². The van der Waals surface area contributed by atoms with Crippen LogP contribution in [-0.4, -0.2) is 27.9 Å². The molecule has 2 aromatic carbocycles. The first-order valence-electron chi connectivity index (χ1n) is 8.86. The molecule has 8 nitrogen and oxygen atoms in total. The second kappa shape index (κ2) is 6.70. The first-order valence-corrected chi connectivity index (χ1v) is 12.0. The lowest BCUT2D eigenvalue weighted by molar-refractivity contribution is 0.267. The van der Waals surface area contributed by atoms with Gasteiger partial charge in [-0.25, -0.2) is 8.88 Å². The summed E-state index contributed by atoms with van der Waals surface area (Å²) in [6, 6.07) is 5.61. The third-order valence-corrected chi connectivity index (χ3v) is 7.45. The Balaban J connectivity index is 2.00. The van der Waals surface area contributed by atoms with Crippen molar-refractivity contribution in [3.63, 3.8) is 0 Å². The van der Waals surface area contributed by atoms with Crippen molar-refractivity contribution in [1.82, 2.24) is 0 Å². The summed E-state index contributed by atoms with van der Waals surface area (Å²) in [6.45, 7) is 4.27. The van der Waals surface area contributed by atoms with Crippen molar-refractivity contribution in [2.75, 3.05) is 13.2 Å². The Hall–Kier alpha value is -1.66. The number of hydrogen-bond acceptors (Lipinski definition) is 5. The molecule has 2 aliphatic rings. The summed E-state index contributed by atoms with van der Waals surface area (Å²) in [4.78, 5) is 28.8. The zero-order valence-corrected chi connectivity index (χ0v) is 17.1. The highest BCUT2D eigenvalue weighted by atomic mass is 31.3. The Morgan fingerprint density at radius 3 is 2.21 bits per heavy atom. The summed E-state index contributed by atoms with van der Waals surface area (Å²) in [7, 11) is -10.0. The maximum absolute atomic E-state index is 12.9. The second-order valence-electron chi connectivity index (χ2n) is 6.63. The molecule has 1 unspecified atom stereocenters. The molecule has 0 saturated heterocycles. The van der Waals surface area contributed by atoms with E-state index in [0.717, 1.165) is 12.0 Å². The van der Waals surface area contributed by atoms with Gasteiger partial charge in [0.25, 0.3) is 0 Å². The van der Waals surface area contributed by atoms with Crippen molar-refractivity contribution in [3.8, 4) is 22.6 Å². The maximum Gasteiger partial charge on any atom is 0.477 e. The van der Waals surface area contributed by atoms with E-state index in [-0.39, 0.29) is 17.5 Å². The van der Waals surface area contributed by atoms with E-state index in [2.05, 4.69) is 4.31 Å². The molecule has 0 aliphatic heterocycles. The minimum Gasteiger partial charge on any atom is -0.490 e. The monoisotopic (exact) mass is 426 g/mol. The molecule has 0 spiro atoms. The van der Waals surface area contributed by atoms with E-state index in [1.807, 2.05) is 19.1 Å². The summed E-state index contributed by atoms with van der Waals surface area (Å²) in [5, 5.41) is -0.127. The third kappa shape index (κ3) is 3.52. The van der Waals surface area contributed by atoms with Crippen LogP contribution in [0, 0.1) is 0 Å². The lowest BCUT2D eigenvalue weighted by atomic mass is 10.0. The van der Waals surface area contributed by atoms with E-state index in [4.69, 9.17) is 19.3 Å². The average molecular weight is 426 g/mol. The fourth-order valence-corrected chi connectivity index (χ4v) is 6.03. The van der Waals surface area contributed by atoms with Gasteiger partial charge in [-0.15, -0.1) is 0 Å².